The summed E-state index contributed by atoms with van der Waals surface area (Å²) < 4.78 is 9.75. The Morgan fingerprint density at radius 3 is 1.15 bits per heavy atom. The van der Waals surface area contributed by atoms with Gasteiger partial charge in [-0.25, -0.2) is 0 Å². The molecule has 14 nitrogen and oxygen atoms in total. The molecule has 10 N–H and O–H groups in total. The van der Waals surface area contributed by atoms with Crippen molar-refractivity contribution in [1.29, 1.82) is 0 Å². The molecule has 0 unspecified atom stereocenters. The standard InChI is InChI=1S/2C12H17NO5.Ni.2H2O/c2*1-18-10-4-2-3-9(11(10)17)5-13-12(6-14,7-15)8-16;;;/h2*2-5,14-17H,6-8H2,1H3;;2*1H2/q;;+2;;/p-2. The maximum Gasteiger partial charge on any atom is 2.00 e. The van der Waals surface area contributed by atoms with Crippen LogP contribution in [-0.2, 0) is 16.5 Å². The first-order valence-corrected chi connectivity index (χ1v) is 10.7. The van der Waals surface area contributed by atoms with E-state index in [9.17, 15) is 10.2 Å². The van der Waals surface area contributed by atoms with E-state index in [1.165, 1.54) is 50.9 Å². The van der Waals surface area contributed by atoms with Gasteiger partial charge in [0, 0.05) is 12.4 Å². The van der Waals surface area contributed by atoms with E-state index in [2.05, 4.69) is 9.98 Å². The van der Waals surface area contributed by atoms with Gasteiger partial charge in [0.2, 0.25) is 0 Å². The number of hydrogen-bond donors (Lipinski definition) is 6. The number of ether oxygens (including phenoxy) is 2. The van der Waals surface area contributed by atoms with Gasteiger partial charge in [0.15, 0.2) is 0 Å². The Balaban J connectivity index is -0.000000617. The zero-order valence-electron chi connectivity index (χ0n) is 21.4. The second-order valence-electron chi connectivity index (χ2n) is 7.67. The van der Waals surface area contributed by atoms with Crippen LogP contribution in [0.4, 0.5) is 0 Å². The Morgan fingerprint density at radius 2 is 0.923 bits per heavy atom. The summed E-state index contributed by atoms with van der Waals surface area (Å²) in [4.78, 5) is 7.77. The van der Waals surface area contributed by atoms with E-state index in [1.54, 1.807) is 12.1 Å². The zero-order chi connectivity index (χ0) is 27.2. The summed E-state index contributed by atoms with van der Waals surface area (Å²) in [5.41, 5.74) is -2.24. The van der Waals surface area contributed by atoms with Gasteiger partial charge in [-0.3, -0.25) is 9.98 Å². The van der Waals surface area contributed by atoms with Crippen molar-refractivity contribution >= 4 is 12.4 Å². The minimum absolute atomic E-state index is 0. The van der Waals surface area contributed by atoms with Crippen molar-refractivity contribution in [2.24, 2.45) is 9.98 Å². The zero-order valence-corrected chi connectivity index (χ0v) is 22.4. The van der Waals surface area contributed by atoms with Crippen molar-refractivity contribution in [3.63, 3.8) is 0 Å². The Labute approximate surface area is 235 Å². The molecule has 0 bridgehead atoms. The number of aliphatic hydroxyl groups excluding tert-OH is 6. The minimum Gasteiger partial charge on any atom is -0.870 e. The van der Waals surface area contributed by atoms with Gasteiger partial charge in [0.25, 0.3) is 0 Å². The van der Waals surface area contributed by atoms with Gasteiger partial charge in [-0.1, -0.05) is 35.8 Å². The first-order valence-electron chi connectivity index (χ1n) is 10.7. The number of methoxy groups -OCH3 is 2. The molecule has 0 saturated carbocycles. The molecule has 0 aromatic heterocycles. The van der Waals surface area contributed by atoms with Crippen LogP contribution in [0.25, 0.3) is 0 Å². The molecule has 0 aliphatic heterocycles. The fourth-order valence-electron chi connectivity index (χ4n) is 2.55. The average Bonchev–Trinajstić information content (AvgIpc) is 2.92. The SMILES string of the molecule is COc1cccc(C=NC(CO)(CO)CO)c1[O-].COc1cccc(C=NC(CO)(CO)CO)c1[O-].O.O.[Ni+2]. The molecule has 2 aromatic rings. The molecule has 0 aliphatic rings. The number of benzene rings is 2. The maximum absolute atomic E-state index is 11.8. The van der Waals surface area contributed by atoms with E-state index in [4.69, 9.17) is 40.1 Å². The van der Waals surface area contributed by atoms with Crippen LogP contribution in [-0.4, -0.2) is 119 Å². The molecule has 224 valence electrons. The van der Waals surface area contributed by atoms with Crippen molar-refractivity contribution < 1.29 is 77.8 Å². The first-order chi connectivity index (χ1) is 17.2. The molecular weight excluding hydrogens is 567 g/mol. The van der Waals surface area contributed by atoms with E-state index >= 15 is 0 Å². The molecule has 0 heterocycles. The summed E-state index contributed by atoms with van der Waals surface area (Å²) in [5, 5.41) is 78.1. The van der Waals surface area contributed by atoms with Crippen LogP contribution in [0.1, 0.15) is 11.1 Å². The monoisotopic (exact) mass is 602 g/mol. The van der Waals surface area contributed by atoms with Crippen molar-refractivity contribution in [3.8, 4) is 23.0 Å². The second kappa shape index (κ2) is 20.1. The van der Waals surface area contributed by atoms with Crippen molar-refractivity contribution in [1.82, 2.24) is 0 Å². The van der Waals surface area contributed by atoms with E-state index in [-0.39, 0.29) is 61.6 Å². The number of para-hydroxylation sites is 2. The molecule has 0 saturated heterocycles. The molecule has 0 radical (unpaired) electrons. The topological polar surface area (TPSA) is 274 Å². The number of hydrogen-bond acceptors (Lipinski definition) is 12. The van der Waals surface area contributed by atoms with Crippen LogP contribution in [0.3, 0.4) is 0 Å². The van der Waals surface area contributed by atoms with Crippen LogP contribution in [0.2, 0.25) is 0 Å². The van der Waals surface area contributed by atoms with Gasteiger partial charge in [-0.2, -0.15) is 0 Å². The number of nitrogens with zero attached hydrogens (tertiary/aromatic N) is 2. The summed E-state index contributed by atoms with van der Waals surface area (Å²) >= 11 is 0. The molecule has 0 atom stereocenters. The molecule has 15 heteroatoms. The van der Waals surface area contributed by atoms with E-state index in [1.807, 2.05) is 0 Å². The van der Waals surface area contributed by atoms with Crippen LogP contribution in [0, 0.1) is 0 Å². The number of aliphatic hydroxyl groups is 6. The number of rotatable bonds is 12. The Bertz CT molecular complexity index is 903. The maximum atomic E-state index is 11.8. The quantitative estimate of drug-likeness (QED) is 0.102. The summed E-state index contributed by atoms with van der Waals surface area (Å²) in [6.45, 7) is -3.12. The second-order valence-corrected chi connectivity index (χ2v) is 7.67. The van der Waals surface area contributed by atoms with Crippen molar-refractivity contribution in [2.45, 2.75) is 11.1 Å². The smallest absolute Gasteiger partial charge is 0.870 e. The summed E-state index contributed by atoms with van der Waals surface area (Å²) in [7, 11) is 2.77. The van der Waals surface area contributed by atoms with Crippen LogP contribution < -0.4 is 19.7 Å². The molecule has 0 amide bonds. The van der Waals surface area contributed by atoms with Crippen LogP contribution in [0.5, 0.6) is 23.0 Å². The van der Waals surface area contributed by atoms with Gasteiger partial charge < -0.3 is 61.3 Å². The molecule has 0 spiro atoms. The Kier molecular flexibility index (Phi) is 21.0. The number of aliphatic imine (C=N–C) groups is 2. The van der Waals surface area contributed by atoms with E-state index < -0.39 is 50.7 Å². The van der Waals surface area contributed by atoms with Crippen molar-refractivity contribution in [3.05, 3.63) is 47.5 Å². The average molecular weight is 603 g/mol. The third kappa shape index (κ3) is 11.0. The molecule has 0 fully saturated rings. The van der Waals surface area contributed by atoms with Gasteiger partial charge in [0.05, 0.1) is 53.9 Å². The minimum atomic E-state index is -1.38. The third-order valence-corrected chi connectivity index (χ3v) is 5.18. The van der Waals surface area contributed by atoms with E-state index in [0.717, 1.165) is 0 Å². The fourth-order valence-corrected chi connectivity index (χ4v) is 2.55. The van der Waals surface area contributed by atoms with Crippen molar-refractivity contribution in [2.75, 3.05) is 53.9 Å². The normalized spacial score (nSPS) is 11.1. The fraction of sp³-hybridized carbons (Fsp3) is 0.417. The molecule has 39 heavy (non-hydrogen) atoms. The Hall–Kier alpha value is -2.85. The van der Waals surface area contributed by atoms with Gasteiger partial charge in [0.1, 0.15) is 22.6 Å². The first kappa shape index (κ1) is 40.6. The van der Waals surface area contributed by atoms with Gasteiger partial charge in [-0.15, -0.1) is 0 Å². The van der Waals surface area contributed by atoms with Crippen LogP contribution >= 0.6 is 0 Å². The van der Waals surface area contributed by atoms with Gasteiger partial charge >= 0.3 is 16.5 Å². The summed E-state index contributed by atoms with van der Waals surface area (Å²) in [6.07, 6.45) is 2.43. The summed E-state index contributed by atoms with van der Waals surface area (Å²) in [5.74, 6) is -0.318. The van der Waals surface area contributed by atoms with E-state index in [0.29, 0.717) is 0 Å². The largest absolute Gasteiger partial charge is 2.00 e. The van der Waals surface area contributed by atoms with Gasteiger partial charge in [-0.05, 0) is 23.3 Å². The summed E-state index contributed by atoms with van der Waals surface area (Å²) in [6, 6.07) is 9.37. The molecule has 0 aliphatic carbocycles. The molecular formula is C24H36N2NiO12. The molecule has 2 aromatic carbocycles. The molecule has 2 rings (SSSR count). The Morgan fingerprint density at radius 1 is 0.641 bits per heavy atom. The third-order valence-electron chi connectivity index (χ3n) is 5.18. The predicted octanol–water partition coefficient (Wildman–Crippen LogP) is -3.85. The predicted molar refractivity (Wildman–Crippen MR) is 135 cm³/mol. The van der Waals surface area contributed by atoms with Crippen LogP contribution in [0.15, 0.2) is 46.4 Å².